The number of aromatic hydroxyl groups is 1. The summed E-state index contributed by atoms with van der Waals surface area (Å²) in [6.07, 6.45) is 0.0803. The van der Waals surface area contributed by atoms with E-state index in [-0.39, 0.29) is 18.2 Å². The first kappa shape index (κ1) is 12.5. The number of carboxylic acid groups (broad SMARTS) is 1. The second kappa shape index (κ2) is 5.51. The zero-order valence-corrected chi connectivity index (χ0v) is 9.53. The van der Waals surface area contributed by atoms with Crippen LogP contribution in [0.4, 0.5) is 0 Å². The van der Waals surface area contributed by atoms with Crippen LogP contribution in [0.2, 0.25) is 0 Å². The molecule has 1 unspecified atom stereocenters. The van der Waals surface area contributed by atoms with Crippen LogP contribution in [0.1, 0.15) is 30.5 Å². The van der Waals surface area contributed by atoms with Crippen molar-refractivity contribution in [1.29, 1.82) is 0 Å². The standard InChI is InChI=1S/C12H17NO3/c1-8-3-4-11(14)10(7-8)9(2)13-6-5-12(15)16/h3-4,7,9,13-14H,5-6H2,1-2H3,(H,15,16). The largest absolute Gasteiger partial charge is 0.508 e. The molecule has 0 saturated carbocycles. The molecular weight excluding hydrogens is 206 g/mol. The Morgan fingerprint density at radius 2 is 2.19 bits per heavy atom. The number of phenols is 1. The quantitative estimate of drug-likeness (QED) is 0.712. The molecule has 0 fully saturated rings. The Labute approximate surface area is 94.9 Å². The van der Waals surface area contributed by atoms with Gasteiger partial charge in [0, 0.05) is 18.2 Å². The fourth-order valence-electron chi connectivity index (χ4n) is 1.53. The van der Waals surface area contributed by atoms with Gasteiger partial charge in [-0.15, -0.1) is 0 Å². The molecule has 4 nitrogen and oxygen atoms in total. The molecule has 0 aliphatic carbocycles. The predicted octanol–water partition coefficient (Wildman–Crippen LogP) is 1.83. The molecule has 0 aliphatic heterocycles. The maximum Gasteiger partial charge on any atom is 0.304 e. The van der Waals surface area contributed by atoms with Crippen LogP contribution in [0.5, 0.6) is 5.75 Å². The Morgan fingerprint density at radius 3 is 2.81 bits per heavy atom. The van der Waals surface area contributed by atoms with Gasteiger partial charge >= 0.3 is 5.97 Å². The molecule has 0 radical (unpaired) electrons. The maximum absolute atomic E-state index is 10.3. The van der Waals surface area contributed by atoms with Crippen molar-refractivity contribution in [2.45, 2.75) is 26.3 Å². The Kier molecular flexibility index (Phi) is 4.31. The van der Waals surface area contributed by atoms with Gasteiger partial charge in [-0.05, 0) is 19.9 Å². The highest BCUT2D eigenvalue weighted by Crippen LogP contribution is 2.24. The van der Waals surface area contributed by atoms with E-state index in [2.05, 4.69) is 5.32 Å². The number of phenolic OH excluding ortho intramolecular Hbond substituents is 1. The van der Waals surface area contributed by atoms with Crippen molar-refractivity contribution in [2.24, 2.45) is 0 Å². The molecular formula is C12H17NO3. The second-order valence-corrected chi connectivity index (χ2v) is 3.88. The van der Waals surface area contributed by atoms with Gasteiger partial charge in [-0.1, -0.05) is 17.7 Å². The molecule has 0 saturated heterocycles. The molecule has 3 N–H and O–H groups in total. The van der Waals surface area contributed by atoms with Crippen molar-refractivity contribution in [3.63, 3.8) is 0 Å². The van der Waals surface area contributed by atoms with Crippen LogP contribution in [-0.2, 0) is 4.79 Å². The van der Waals surface area contributed by atoms with Crippen molar-refractivity contribution in [3.8, 4) is 5.75 Å². The van der Waals surface area contributed by atoms with E-state index in [9.17, 15) is 9.90 Å². The normalized spacial score (nSPS) is 12.4. The van der Waals surface area contributed by atoms with Gasteiger partial charge in [-0.25, -0.2) is 0 Å². The lowest BCUT2D eigenvalue weighted by Crippen LogP contribution is -2.22. The Morgan fingerprint density at radius 1 is 1.50 bits per heavy atom. The number of hydrogen-bond donors (Lipinski definition) is 3. The Hall–Kier alpha value is -1.55. The van der Waals surface area contributed by atoms with E-state index in [0.29, 0.717) is 6.54 Å². The minimum atomic E-state index is -0.826. The van der Waals surface area contributed by atoms with Gasteiger partial charge in [0.05, 0.1) is 6.42 Å². The smallest absolute Gasteiger partial charge is 0.304 e. The number of benzene rings is 1. The van der Waals surface area contributed by atoms with Crippen LogP contribution in [-0.4, -0.2) is 22.7 Å². The van der Waals surface area contributed by atoms with Crippen molar-refractivity contribution < 1.29 is 15.0 Å². The van der Waals surface area contributed by atoms with Crippen molar-refractivity contribution >= 4 is 5.97 Å². The lowest BCUT2D eigenvalue weighted by atomic mass is 10.0. The number of hydrogen-bond acceptors (Lipinski definition) is 3. The van der Waals surface area contributed by atoms with E-state index in [1.165, 1.54) is 0 Å². The summed E-state index contributed by atoms with van der Waals surface area (Å²) in [5.41, 5.74) is 1.87. The summed E-state index contributed by atoms with van der Waals surface area (Å²) < 4.78 is 0. The molecule has 1 aromatic carbocycles. The van der Waals surface area contributed by atoms with Crippen molar-refractivity contribution in [2.75, 3.05) is 6.54 Å². The molecule has 0 aromatic heterocycles. The summed E-state index contributed by atoms with van der Waals surface area (Å²) >= 11 is 0. The molecule has 16 heavy (non-hydrogen) atoms. The van der Waals surface area contributed by atoms with E-state index >= 15 is 0 Å². The van der Waals surface area contributed by atoms with Gasteiger partial charge < -0.3 is 15.5 Å². The van der Waals surface area contributed by atoms with Crippen LogP contribution < -0.4 is 5.32 Å². The zero-order chi connectivity index (χ0) is 12.1. The molecule has 0 spiro atoms. The lowest BCUT2D eigenvalue weighted by molar-refractivity contribution is -0.136. The SMILES string of the molecule is Cc1ccc(O)c(C(C)NCCC(=O)O)c1. The minimum Gasteiger partial charge on any atom is -0.508 e. The summed E-state index contributed by atoms with van der Waals surface area (Å²) in [7, 11) is 0. The summed E-state index contributed by atoms with van der Waals surface area (Å²) in [6, 6.07) is 5.33. The van der Waals surface area contributed by atoms with Crippen molar-refractivity contribution in [1.82, 2.24) is 5.32 Å². The lowest BCUT2D eigenvalue weighted by Gasteiger charge is -2.15. The number of nitrogens with one attached hydrogen (secondary N) is 1. The Bertz CT molecular complexity index is 377. The summed E-state index contributed by atoms with van der Waals surface area (Å²) in [6.45, 7) is 4.24. The predicted molar refractivity (Wildman–Crippen MR) is 61.5 cm³/mol. The highest BCUT2D eigenvalue weighted by Gasteiger charge is 2.10. The van der Waals surface area contributed by atoms with Crippen molar-refractivity contribution in [3.05, 3.63) is 29.3 Å². The van der Waals surface area contributed by atoms with E-state index in [0.717, 1.165) is 11.1 Å². The molecule has 0 amide bonds. The fourth-order valence-corrected chi connectivity index (χ4v) is 1.53. The van der Waals surface area contributed by atoms with Crippen LogP contribution >= 0.6 is 0 Å². The van der Waals surface area contributed by atoms with Gasteiger partial charge in [0.15, 0.2) is 0 Å². The van der Waals surface area contributed by atoms with Crippen LogP contribution in [0.3, 0.4) is 0 Å². The monoisotopic (exact) mass is 223 g/mol. The minimum absolute atomic E-state index is 0.0563. The topological polar surface area (TPSA) is 69.6 Å². The summed E-state index contributed by atoms with van der Waals surface area (Å²) in [5.74, 6) is -0.589. The van der Waals surface area contributed by atoms with Gasteiger partial charge in [0.2, 0.25) is 0 Å². The third kappa shape index (κ3) is 3.55. The van der Waals surface area contributed by atoms with Gasteiger partial charge in [-0.2, -0.15) is 0 Å². The summed E-state index contributed by atoms with van der Waals surface area (Å²) in [5, 5.41) is 21.2. The van der Waals surface area contributed by atoms with Crippen LogP contribution in [0, 0.1) is 6.92 Å². The van der Waals surface area contributed by atoms with Crippen LogP contribution in [0.25, 0.3) is 0 Å². The van der Waals surface area contributed by atoms with Crippen LogP contribution in [0.15, 0.2) is 18.2 Å². The molecule has 0 bridgehead atoms. The highest BCUT2D eigenvalue weighted by molar-refractivity contribution is 5.66. The third-order valence-electron chi connectivity index (χ3n) is 2.44. The summed E-state index contributed by atoms with van der Waals surface area (Å²) in [4.78, 5) is 10.3. The number of rotatable bonds is 5. The first-order chi connectivity index (χ1) is 7.50. The fraction of sp³-hybridized carbons (Fsp3) is 0.417. The first-order valence-corrected chi connectivity index (χ1v) is 5.25. The molecule has 4 heteroatoms. The van der Waals surface area contributed by atoms with Gasteiger partial charge in [0.1, 0.15) is 5.75 Å². The van der Waals surface area contributed by atoms with E-state index in [4.69, 9.17) is 5.11 Å². The number of aryl methyl sites for hydroxylation is 1. The molecule has 1 atom stereocenters. The first-order valence-electron chi connectivity index (χ1n) is 5.25. The third-order valence-corrected chi connectivity index (χ3v) is 2.44. The maximum atomic E-state index is 10.3. The average molecular weight is 223 g/mol. The molecule has 1 rings (SSSR count). The van der Waals surface area contributed by atoms with E-state index < -0.39 is 5.97 Å². The Balaban J connectivity index is 2.61. The zero-order valence-electron chi connectivity index (χ0n) is 9.53. The van der Waals surface area contributed by atoms with Gasteiger partial charge in [-0.3, -0.25) is 4.79 Å². The van der Waals surface area contributed by atoms with E-state index in [1.54, 1.807) is 6.07 Å². The molecule has 0 heterocycles. The van der Waals surface area contributed by atoms with E-state index in [1.807, 2.05) is 26.0 Å². The average Bonchev–Trinajstić information content (AvgIpc) is 2.21. The number of carbonyl (C=O) groups is 1. The number of aliphatic carboxylic acids is 1. The molecule has 88 valence electrons. The molecule has 1 aromatic rings. The second-order valence-electron chi connectivity index (χ2n) is 3.88. The van der Waals surface area contributed by atoms with Gasteiger partial charge in [0.25, 0.3) is 0 Å². The number of carboxylic acids is 1. The highest BCUT2D eigenvalue weighted by atomic mass is 16.4. The molecule has 0 aliphatic rings.